The van der Waals surface area contributed by atoms with Gasteiger partial charge in [0.05, 0.1) is 18.6 Å². The van der Waals surface area contributed by atoms with Crippen molar-refractivity contribution in [1.29, 1.82) is 0 Å². The van der Waals surface area contributed by atoms with E-state index < -0.39 is 0 Å². The zero-order chi connectivity index (χ0) is 17.1. The SMILES string of the molecule is CC(C)[C@@H](CO)NC(=O)C1[C@@H](c2ccccc2)[C@H]1c1ccccc1. The molecular formula is C21H25NO2. The minimum Gasteiger partial charge on any atom is -0.394 e. The van der Waals surface area contributed by atoms with Crippen molar-refractivity contribution in [3.8, 4) is 0 Å². The van der Waals surface area contributed by atoms with Gasteiger partial charge in [-0.05, 0) is 17.0 Å². The molecule has 126 valence electrons. The molecule has 2 aromatic rings. The smallest absolute Gasteiger partial charge is 0.224 e. The summed E-state index contributed by atoms with van der Waals surface area (Å²) in [6.07, 6.45) is 0. The first-order chi connectivity index (χ1) is 11.6. The minimum atomic E-state index is -0.189. The molecule has 0 aliphatic heterocycles. The Morgan fingerprint density at radius 2 is 1.42 bits per heavy atom. The largest absolute Gasteiger partial charge is 0.394 e. The Kier molecular flexibility index (Phi) is 5.00. The highest BCUT2D eigenvalue weighted by Gasteiger charge is 2.56. The third-order valence-electron chi connectivity index (χ3n) is 5.02. The Morgan fingerprint density at radius 3 is 1.79 bits per heavy atom. The number of amides is 1. The molecule has 0 radical (unpaired) electrons. The first-order valence-electron chi connectivity index (χ1n) is 8.64. The lowest BCUT2D eigenvalue weighted by molar-refractivity contribution is -0.123. The maximum Gasteiger partial charge on any atom is 0.224 e. The molecule has 3 nitrogen and oxygen atoms in total. The van der Waals surface area contributed by atoms with Crippen molar-refractivity contribution >= 4 is 5.91 Å². The topological polar surface area (TPSA) is 49.3 Å². The molecule has 1 aliphatic carbocycles. The fourth-order valence-corrected chi connectivity index (χ4v) is 3.52. The lowest BCUT2D eigenvalue weighted by Gasteiger charge is -2.20. The van der Waals surface area contributed by atoms with Gasteiger partial charge in [-0.3, -0.25) is 4.79 Å². The van der Waals surface area contributed by atoms with Gasteiger partial charge in [0, 0.05) is 11.8 Å². The average molecular weight is 323 g/mol. The van der Waals surface area contributed by atoms with Crippen LogP contribution in [0.3, 0.4) is 0 Å². The Labute approximate surface area is 143 Å². The molecule has 1 amide bonds. The summed E-state index contributed by atoms with van der Waals surface area (Å²) >= 11 is 0. The van der Waals surface area contributed by atoms with E-state index in [9.17, 15) is 9.90 Å². The van der Waals surface area contributed by atoms with E-state index >= 15 is 0 Å². The average Bonchev–Trinajstić information content (AvgIpc) is 3.36. The Balaban J connectivity index is 1.83. The van der Waals surface area contributed by atoms with Crippen LogP contribution in [0.1, 0.15) is 36.8 Å². The van der Waals surface area contributed by atoms with E-state index in [-0.39, 0.29) is 42.2 Å². The van der Waals surface area contributed by atoms with E-state index in [4.69, 9.17) is 0 Å². The van der Waals surface area contributed by atoms with Crippen LogP contribution in [0.2, 0.25) is 0 Å². The number of hydrogen-bond donors (Lipinski definition) is 2. The van der Waals surface area contributed by atoms with Crippen molar-refractivity contribution in [2.24, 2.45) is 11.8 Å². The molecule has 3 heteroatoms. The molecule has 3 rings (SSSR count). The Hall–Kier alpha value is -2.13. The van der Waals surface area contributed by atoms with Gasteiger partial charge in [0.2, 0.25) is 5.91 Å². The minimum absolute atomic E-state index is 0.0257. The number of aliphatic hydroxyl groups is 1. The van der Waals surface area contributed by atoms with Crippen LogP contribution >= 0.6 is 0 Å². The van der Waals surface area contributed by atoms with Crippen molar-refractivity contribution in [3.05, 3.63) is 71.8 Å². The zero-order valence-electron chi connectivity index (χ0n) is 14.2. The van der Waals surface area contributed by atoms with Gasteiger partial charge in [0.15, 0.2) is 0 Å². The summed E-state index contributed by atoms with van der Waals surface area (Å²) in [6, 6.07) is 20.3. The molecule has 2 N–H and O–H groups in total. The lowest BCUT2D eigenvalue weighted by Crippen LogP contribution is -2.42. The molecule has 1 fully saturated rings. The number of aliphatic hydroxyl groups excluding tert-OH is 1. The van der Waals surface area contributed by atoms with Crippen molar-refractivity contribution in [3.63, 3.8) is 0 Å². The Bertz CT molecular complexity index is 623. The summed E-state index contributed by atoms with van der Waals surface area (Å²) in [5.41, 5.74) is 2.41. The second kappa shape index (κ2) is 7.18. The van der Waals surface area contributed by atoms with Gasteiger partial charge >= 0.3 is 0 Å². The van der Waals surface area contributed by atoms with Crippen LogP contribution in [-0.2, 0) is 4.79 Å². The number of carbonyl (C=O) groups is 1. The fourth-order valence-electron chi connectivity index (χ4n) is 3.52. The molecule has 0 heterocycles. The lowest BCUT2D eigenvalue weighted by atomic mass is 10.0. The van der Waals surface area contributed by atoms with Crippen LogP contribution in [0, 0.1) is 11.8 Å². The van der Waals surface area contributed by atoms with Gasteiger partial charge in [-0.2, -0.15) is 0 Å². The van der Waals surface area contributed by atoms with Crippen LogP contribution in [-0.4, -0.2) is 23.7 Å². The monoisotopic (exact) mass is 323 g/mol. The van der Waals surface area contributed by atoms with Crippen molar-refractivity contribution < 1.29 is 9.90 Å². The molecule has 0 aromatic heterocycles. The summed E-state index contributed by atoms with van der Waals surface area (Å²) < 4.78 is 0. The fraction of sp³-hybridized carbons (Fsp3) is 0.381. The third kappa shape index (κ3) is 3.36. The molecule has 1 aliphatic rings. The molecule has 4 atom stereocenters. The Morgan fingerprint density at radius 1 is 0.958 bits per heavy atom. The van der Waals surface area contributed by atoms with Crippen molar-refractivity contribution in [2.75, 3.05) is 6.61 Å². The molecular weight excluding hydrogens is 298 g/mol. The molecule has 0 spiro atoms. The van der Waals surface area contributed by atoms with Crippen LogP contribution in [0.15, 0.2) is 60.7 Å². The highest BCUT2D eigenvalue weighted by atomic mass is 16.3. The van der Waals surface area contributed by atoms with E-state index in [0.29, 0.717) is 0 Å². The van der Waals surface area contributed by atoms with Gasteiger partial charge in [0.25, 0.3) is 0 Å². The molecule has 1 unspecified atom stereocenters. The van der Waals surface area contributed by atoms with Crippen LogP contribution in [0.5, 0.6) is 0 Å². The van der Waals surface area contributed by atoms with E-state index in [2.05, 4.69) is 29.6 Å². The number of rotatable bonds is 6. The van der Waals surface area contributed by atoms with E-state index in [1.807, 2.05) is 50.2 Å². The van der Waals surface area contributed by atoms with Gasteiger partial charge in [-0.15, -0.1) is 0 Å². The zero-order valence-corrected chi connectivity index (χ0v) is 14.2. The number of carbonyl (C=O) groups excluding carboxylic acids is 1. The number of hydrogen-bond acceptors (Lipinski definition) is 2. The summed E-state index contributed by atoms with van der Waals surface area (Å²) in [4.78, 5) is 12.8. The maximum atomic E-state index is 12.8. The van der Waals surface area contributed by atoms with Crippen LogP contribution in [0.25, 0.3) is 0 Å². The van der Waals surface area contributed by atoms with E-state index in [0.717, 1.165) is 0 Å². The van der Waals surface area contributed by atoms with Crippen molar-refractivity contribution in [1.82, 2.24) is 5.32 Å². The van der Waals surface area contributed by atoms with Gasteiger partial charge in [0.1, 0.15) is 0 Å². The highest BCUT2D eigenvalue weighted by Crippen LogP contribution is 2.60. The molecule has 0 bridgehead atoms. The van der Waals surface area contributed by atoms with E-state index in [1.54, 1.807) is 0 Å². The highest BCUT2D eigenvalue weighted by molar-refractivity contribution is 5.85. The quantitative estimate of drug-likeness (QED) is 0.857. The first-order valence-corrected chi connectivity index (χ1v) is 8.64. The summed E-state index contributed by atoms with van der Waals surface area (Å²) in [5.74, 6) is 0.608. The molecule has 2 aromatic carbocycles. The number of benzene rings is 2. The third-order valence-corrected chi connectivity index (χ3v) is 5.02. The standard InChI is InChI=1S/C21H25NO2/c1-14(2)17(13-23)22-21(24)20-18(15-9-5-3-6-10-15)19(20)16-11-7-4-8-12-16/h3-12,14,17-20,23H,13H2,1-2H3,(H,22,24)/t17-,18-,19+,20?/m1/s1. The summed E-state index contributed by atoms with van der Waals surface area (Å²) in [6.45, 7) is 4.00. The van der Waals surface area contributed by atoms with Crippen molar-refractivity contribution in [2.45, 2.75) is 31.7 Å². The van der Waals surface area contributed by atoms with Crippen LogP contribution < -0.4 is 5.32 Å². The molecule has 24 heavy (non-hydrogen) atoms. The van der Waals surface area contributed by atoms with Crippen LogP contribution in [0.4, 0.5) is 0 Å². The van der Waals surface area contributed by atoms with Gasteiger partial charge in [-0.1, -0.05) is 74.5 Å². The maximum absolute atomic E-state index is 12.8. The second-order valence-electron chi connectivity index (χ2n) is 6.94. The normalized spacial score (nSPS) is 23.8. The summed E-state index contributed by atoms with van der Waals surface area (Å²) in [5, 5.41) is 12.5. The predicted octanol–water partition coefficient (Wildman–Crippen LogP) is 3.32. The number of nitrogens with one attached hydrogen (secondary N) is 1. The second-order valence-corrected chi connectivity index (χ2v) is 6.94. The first kappa shape index (κ1) is 16.7. The van der Waals surface area contributed by atoms with Gasteiger partial charge in [-0.25, -0.2) is 0 Å². The summed E-state index contributed by atoms with van der Waals surface area (Å²) in [7, 11) is 0. The van der Waals surface area contributed by atoms with Gasteiger partial charge < -0.3 is 10.4 Å². The molecule has 1 saturated carbocycles. The predicted molar refractivity (Wildman–Crippen MR) is 95.7 cm³/mol. The molecule has 0 saturated heterocycles. The van der Waals surface area contributed by atoms with E-state index in [1.165, 1.54) is 11.1 Å².